The summed E-state index contributed by atoms with van der Waals surface area (Å²) in [6, 6.07) is 2.57. The van der Waals surface area contributed by atoms with E-state index in [9.17, 15) is 21.5 Å². The molecule has 0 aromatic heterocycles. The third-order valence-electron chi connectivity index (χ3n) is 2.89. The molecule has 1 aliphatic heterocycles. The van der Waals surface area contributed by atoms with Crippen LogP contribution in [0.4, 0.5) is 14.0 Å². The minimum atomic E-state index is -4.68. The van der Waals surface area contributed by atoms with Crippen molar-refractivity contribution in [2.45, 2.75) is 6.42 Å². The van der Waals surface area contributed by atoms with Crippen molar-refractivity contribution in [1.29, 1.82) is 0 Å². The highest BCUT2D eigenvalue weighted by Gasteiger charge is 2.35. The maximum absolute atomic E-state index is 13.9. The summed E-state index contributed by atoms with van der Waals surface area (Å²) in [6.45, 7) is -0.0831. The van der Waals surface area contributed by atoms with Crippen molar-refractivity contribution in [2.75, 3.05) is 17.2 Å². The number of carbonyl (C=O) groups is 1. The molecule has 1 aromatic carbocycles. The van der Waals surface area contributed by atoms with Crippen LogP contribution in [0, 0.1) is 11.7 Å². The third-order valence-corrected chi connectivity index (χ3v) is 4.51. The lowest BCUT2D eigenvalue weighted by atomic mass is 10.1. The molecular weight excluding hydrogens is 380 g/mol. The molecule has 2 rings (SSSR count). The van der Waals surface area contributed by atoms with Gasteiger partial charge in [-0.1, -0.05) is 27.5 Å². The Morgan fingerprint density at radius 3 is 2.65 bits per heavy atom. The van der Waals surface area contributed by atoms with Gasteiger partial charge in [-0.15, -0.1) is 3.89 Å². The summed E-state index contributed by atoms with van der Waals surface area (Å²) in [6.07, 6.45) is -0.158. The standard InChI is InChI=1S/C11H9BrClF2NO3S/c12-7-2-8(13)11(9(14)3-7)16-4-6(1-10(16)17)5-20(15,18)19/h2-3,6H,1,4-5H2. The number of rotatable bonds is 3. The number of anilines is 1. The van der Waals surface area contributed by atoms with E-state index in [4.69, 9.17) is 11.6 Å². The van der Waals surface area contributed by atoms with Gasteiger partial charge < -0.3 is 4.90 Å². The van der Waals surface area contributed by atoms with Crippen LogP contribution >= 0.6 is 27.5 Å². The van der Waals surface area contributed by atoms with Crippen molar-refractivity contribution in [3.8, 4) is 0 Å². The molecule has 110 valence electrons. The topological polar surface area (TPSA) is 54.5 Å². The molecule has 20 heavy (non-hydrogen) atoms. The molecule has 0 aliphatic carbocycles. The van der Waals surface area contributed by atoms with Crippen molar-refractivity contribution in [3.05, 3.63) is 27.4 Å². The Labute approximate surface area is 128 Å². The molecule has 9 heteroatoms. The van der Waals surface area contributed by atoms with Gasteiger partial charge in [0.25, 0.3) is 0 Å². The predicted octanol–water partition coefficient (Wildman–Crippen LogP) is 2.89. The summed E-state index contributed by atoms with van der Waals surface area (Å²) in [4.78, 5) is 12.9. The number of halogens is 4. The lowest BCUT2D eigenvalue weighted by molar-refractivity contribution is -0.117. The highest BCUT2D eigenvalue weighted by molar-refractivity contribution is 9.10. The lowest BCUT2D eigenvalue weighted by Crippen LogP contribution is -2.26. The molecule has 1 atom stereocenters. The lowest BCUT2D eigenvalue weighted by Gasteiger charge is -2.19. The fourth-order valence-electron chi connectivity index (χ4n) is 2.18. The number of carbonyl (C=O) groups excluding carboxylic acids is 1. The van der Waals surface area contributed by atoms with E-state index in [1.54, 1.807) is 0 Å². The van der Waals surface area contributed by atoms with E-state index in [1.165, 1.54) is 6.07 Å². The van der Waals surface area contributed by atoms with E-state index in [0.717, 1.165) is 11.0 Å². The minimum absolute atomic E-state index is 0.0222. The van der Waals surface area contributed by atoms with Gasteiger partial charge in [-0.05, 0) is 12.1 Å². The Morgan fingerprint density at radius 1 is 1.45 bits per heavy atom. The first-order chi connectivity index (χ1) is 9.17. The van der Waals surface area contributed by atoms with Crippen molar-refractivity contribution in [1.82, 2.24) is 0 Å². The van der Waals surface area contributed by atoms with E-state index in [-0.39, 0.29) is 23.7 Å². The van der Waals surface area contributed by atoms with Gasteiger partial charge in [0, 0.05) is 23.4 Å². The normalized spacial score (nSPS) is 19.7. The zero-order chi connectivity index (χ0) is 15.1. The van der Waals surface area contributed by atoms with Gasteiger partial charge in [0.1, 0.15) is 5.82 Å². The van der Waals surface area contributed by atoms with E-state index in [0.29, 0.717) is 4.47 Å². The van der Waals surface area contributed by atoms with Gasteiger partial charge in [-0.25, -0.2) is 4.39 Å². The first-order valence-electron chi connectivity index (χ1n) is 5.54. The predicted molar refractivity (Wildman–Crippen MR) is 74.5 cm³/mol. The molecule has 0 spiro atoms. The quantitative estimate of drug-likeness (QED) is 0.748. The highest BCUT2D eigenvalue weighted by Crippen LogP contribution is 2.36. The average Bonchev–Trinajstić information content (AvgIpc) is 2.55. The molecule has 0 N–H and O–H groups in total. The van der Waals surface area contributed by atoms with Crippen LogP contribution in [0.3, 0.4) is 0 Å². The molecule has 0 saturated carbocycles. The maximum atomic E-state index is 13.9. The molecule has 1 amide bonds. The van der Waals surface area contributed by atoms with Gasteiger partial charge in [0.15, 0.2) is 0 Å². The SMILES string of the molecule is O=C1CC(CS(=O)(=O)F)CN1c1c(F)cc(Br)cc1Cl. The van der Waals surface area contributed by atoms with Crippen molar-refractivity contribution < 1.29 is 21.5 Å². The monoisotopic (exact) mass is 387 g/mol. The summed E-state index contributed by atoms with van der Waals surface area (Å²) in [7, 11) is -4.68. The van der Waals surface area contributed by atoms with Crippen LogP contribution in [-0.4, -0.2) is 26.6 Å². The Balaban J connectivity index is 2.29. The summed E-state index contributed by atoms with van der Waals surface area (Å²) in [5, 5.41) is 0.0222. The number of hydrogen-bond acceptors (Lipinski definition) is 3. The van der Waals surface area contributed by atoms with Crippen LogP contribution in [0.5, 0.6) is 0 Å². The second-order valence-corrected chi connectivity index (χ2v) is 7.23. The summed E-state index contributed by atoms with van der Waals surface area (Å²) < 4.78 is 48.2. The Bertz CT molecular complexity index is 645. The third kappa shape index (κ3) is 3.48. The fourth-order valence-corrected chi connectivity index (χ4v) is 3.84. The molecule has 0 bridgehead atoms. The van der Waals surface area contributed by atoms with Crippen molar-refractivity contribution in [2.24, 2.45) is 5.92 Å². The molecule has 1 heterocycles. The van der Waals surface area contributed by atoms with Crippen LogP contribution in [0.1, 0.15) is 6.42 Å². The highest BCUT2D eigenvalue weighted by atomic mass is 79.9. The largest absolute Gasteiger partial charge is 0.308 e. The molecule has 1 aromatic rings. The average molecular weight is 389 g/mol. The first kappa shape index (κ1) is 15.7. The van der Waals surface area contributed by atoms with Crippen molar-refractivity contribution in [3.63, 3.8) is 0 Å². The van der Waals surface area contributed by atoms with Crippen LogP contribution in [0.2, 0.25) is 5.02 Å². The van der Waals surface area contributed by atoms with Crippen LogP contribution < -0.4 is 4.90 Å². The first-order valence-corrected chi connectivity index (χ1v) is 8.27. The van der Waals surface area contributed by atoms with Gasteiger partial charge >= 0.3 is 10.2 Å². The summed E-state index contributed by atoms with van der Waals surface area (Å²) in [5.74, 6) is -2.66. The minimum Gasteiger partial charge on any atom is -0.308 e. The number of amides is 1. The number of nitrogens with zero attached hydrogens (tertiary/aromatic N) is 1. The van der Waals surface area contributed by atoms with Gasteiger partial charge in [-0.2, -0.15) is 8.42 Å². The molecule has 4 nitrogen and oxygen atoms in total. The van der Waals surface area contributed by atoms with E-state index >= 15 is 0 Å². The van der Waals surface area contributed by atoms with E-state index < -0.39 is 33.6 Å². The molecule has 1 unspecified atom stereocenters. The van der Waals surface area contributed by atoms with Gasteiger partial charge in [-0.3, -0.25) is 4.79 Å². The summed E-state index contributed by atoms with van der Waals surface area (Å²) >= 11 is 8.97. The molecular formula is C11H9BrClF2NO3S. The molecule has 0 radical (unpaired) electrons. The Hall–Kier alpha value is -0.730. The van der Waals surface area contributed by atoms with Gasteiger partial charge in [0.05, 0.1) is 16.5 Å². The Kier molecular flexibility index (Phi) is 4.36. The van der Waals surface area contributed by atoms with E-state index in [1.807, 2.05) is 0 Å². The zero-order valence-corrected chi connectivity index (χ0v) is 13.1. The summed E-state index contributed by atoms with van der Waals surface area (Å²) in [5.41, 5.74) is -0.112. The molecule has 1 saturated heterocycles. The van der Waals surface area contributed by atoms with Gasteiger partial charge in [0.2, 0.25) is 5.91 Å². The molecule has 1 aliphatic rings. The fraction of sp³-hybridized carbons (Fsp3) is 0.364. The van der Waals surface area contributed by atoms with E-state index in [2.05, 4.69) is 15.9 Å². The smallest absolute Gasteiger partial charge is 0.302 e. The second kappa shape index (κ2) is 5.57. The van der Waals surface area contributed by atoms with Crippen LogP contribution in [-0.2, 0) is 15.0 Å². The zero-order valence-electron chi connectivity index (χ0n) is 9.95. The number of benzene rings is 1. The van der Waals surface area contributed by atoms with Crippen molar-refractivity contribution >= 4 is 49.3 Å². The molecule has 1 fully saturated rings. The van der Waals surface area contributed by atoms with Crippen LogP contribution in [0.15, 0.2) is 16.6 Å². The second-order valence-electron chi connectivity index (χ2n) is 4.50. The Morgan fingerprint density at radius 2 is 2.10 bits per heavy atom. The number of hydrogen-bond donors (Lipinski definition) is 0. The van der Waals surface area contributed by atoms with Crippen LogP contribution in [0.25, 0.3) is 0 Å². The maximum Gasteiger partial charge on any atom is 0.302 e.